The highest BCUT2D eigenvalue weighted by Gasteiger charge is 2.22. The molecule has 20 heavy (non-hydrogen) atoms. The quantitative estimate of drug-likeness (QED) is 0.874. The fourth-order valence-corrected chi connectivity index (χ4v) is 2.76. The monoisotopic (exact) mass is 341 g/mol. The van der Waals surface area contributed by atoms with Crippen LogP contribution in [-0.4, -0.2) is 67.2 Å². The number of halogens is 1. The summed E-state index contributed by atoms with van der Waals surface area (Å²) >= 11 is 3.38. The molecule has 1 aliphatic rings. The molecule has 0 aromatic heterocycles. The summed E-state index contributed by atoms with van der Waals surface area (Å²) in [6.07, 6.45) is 0. The van der Waals surface area contributed by atoms with Crippen LogP contribution < -0.4 is 5.32 Å². The van der Waals surface area contributed by atoms with Gasteiger partial charge in [-0.05, 0) is 32.3 Å². The third kappa shape index (κ3) is 3.71. The molecule has 0 aliphatic carbocycles. The topological polar surface area (TPSA) is 55.8 Å². The predicted molar refractivity (Wildman–Crippen MR) is 83.5 cm³/mol. The van der Waals surface area contributed by atoms with Crippen molar-refractivity contribution < 1.29 is 9.90 Å². The molecule has 1 atom stereocenters. The second-order valence-electron chi connectivity index (χ2n) is 5.27. The minimum absolute atomic E-state index is 0.306. The number of aromatic carboxylic acids is 1. The molecular weight excluding hydrogens is 322 g/mol. The molecule has 1 aromatic rings. The van der Waals surface area contributed by atoms with Crippen molar-refractivity contribution in [2.75, 3.05) is 45.6 Å². The van der Waals surface area contributed by atoms with E-state index >= 15 is 0 Å². The molecule has 1 unspecified atom stereocenters. The van der Waals surface area contributed by atoms with Crippen LogP contribution in [0.15, 0.2) is 22.7 Å². The van der Waals surface area contributed by atoms with Crippen molar-refractivity contribution in [2.24, 2.45) is 0 Å². The highest BCUT2D eigenvalue weighted by molar-refractivity contribution is 9.10. The number of hydrogen-bond acceptors (Lipinski definition) is 4. The number of benzene rings is 1. The van der Waals surface area contributed by atoms with E-state index in [0.29, 0.717) is 17.3 Å². The molecule has 5 nitrogen and oxygen atoms in total. The number of rotatable bonds is 4. The third-order valence-electron chi connectivity index (χ3n) is 3.72. The second kappa shape index (κ2) is 6.56. The van der Waals surface area contributed by atoms with Crippen LogP contribution in [-0.2, 0) is 0 Å². The summed E-state index contributed by atoms with van der Waals surface area (Å²) in [5, 5.41) is 12.5. The van der Waals surface area contributed by atoms with Crippen LogP contribution in [0.4, 0.5) is 5.69 Å². The smallest absolute Gasteiger partial charge is 0.337 e. The molecule has 2 rings (SSSR count). The van der Waals surface area contributed by atoms with Crippen LogP contribution in [0.3, 0.4) is 0 Å². The van der Waals surface area contributed by atoms with Crippen molar-refractivity contribution in [3.8, 4) is 0 Å². The molecule has 1 saturated heterocycles. The van der Waals surface area contributed by atoms with Gasteiger partial charge in [-0.3, -0.25) is 4.90 Å². The van der Waals surface area contributed by atoms with Gasteiger partial charge in [0.1, 0.15) is 0 Å². The van der Waals surface area contributed by atoms with Gasteiger partial charge >= 0.3 is 5.97 Å². The number of carboxylic acids is 1. The first-order chi connectivity index (χ1) is 9.47. The SMILES string of the molecule is CN1CCN(C)C(CNc2cc(Br)ccc2C(=O)O)C1. The van der Waals surface area contributed by atoms with E-state index in [-0.39, 0.29) is 0 Å². The van der Waals surface area contributed by atoms with Crippen LogP contribution >= 0.6 is 15.9 Å². The molecule has 1 aromatic carbocycles. The number of carboxylic acid groups (broad SMARTS) is 1. The molecule has 0 amide bonds. The lowest BCUT2D eigenvalue weighted by molar-refractivity contribution is 0.0697. The molecule has 1 heterocycles. The lowest BCUT2D eigenvalue weighted by Gasteiger charge is -2.38. The first kappa shape index (κ1) is 15.3. The zero-order chi connectivity index (χ0) is 14.7. The normalized spacial score (nSPS) is 20.9. The number of likely N-dealkylation sites (N-methyl/N-ethyl adjacent to an activating group) is 2. The van der Waals surface area contributed by atoms with E-state index in [1.54, 1.807) is 12.1 Å². The summed E-state index contributed by atoms with van der Waals surface area (Å²) < 4.78 is 0.874. The summed E-state index contributed by atoms with van der Waals surface area (Å²) in [7, 11) is 4.22. The fourth-order valence-electron chi connectivity index (χ4n) is 2.40. The van der Waals surface area contributed by atoms with E-state index in [9.17, 15) is 9.90 Å². The van der Waals surface area contributed by atoms with Crippen molar-refractivity contribution in [3.63, 3.8) is 0 Å². The van der Waals surface area contributed by atoms with Crippen molar-refractivity contribution >= 4 is 27.6 Å². The zero-order valence-electron chi connectivity index (χ0n) is 11.8. The van der Waals surface area contributed by atoms with E-state index in [1.807, 2.05) is 6.07 Å². The highest BCUT2D eigenvalue weighted by atomic mass is 79.9. The summed E-state index contributed by atoms with van der Waals surface area (Å²) in [5.74, 6) is -0.908. The van der Waals surface area contributed by atoms with Crippen molar-refractivity contribution in [2.45, 2.75) is 6.04 Å². The Morgan fingerprint density at radius 2 is 2.20 bits per heavy atom. The predicted octanol–water partition coefficient (Wildman–Crippen LogP) is 1.80. The van der Waals surface area contributed by atoms with Gasteiger partial charge in [0.05, 0.1) is 5.56 Å². The average molecular weight is 342 g/mol. The van der Waals surface area contributed by atoms with Crippen molar-refractivity contribution in [1.82, 2.24) is 9.80 Å². The minimum Gasteiger partial charge on any atom is -0.478 e. The Kier molecular flexibility index (Phi) is 5.01. The summed E-state index contributed by atoms with van der Waals surface area (Å²) in [6.45, 7) is 3.83. The minimum atomic E-state index is -0.908. The lowest BCUT2D eigenvalue weighted by atomic mass is 10.1. The third-order valence-corrected chi connectivity index (χ3v) is 4.21. The number of hydrogen-bond donors (Lipinski definition) is 2. The Morgan fingerprint density at radius 1 is 1.45 bits per heavy atom. The van der Waals surface area contributed by atoms with Gasteiger partial charge in [-0.2, -0.15) is 0 Å². The Balaban J connectivity index is 2.06. The Labute approximate surface area is 127 Å². The number of nitrogens with zero attached hydrogens (tertiary/aromatic N) is 2. The maximum absolute atomic E-state index is 11.2. The van der Waals surface area contributed by atoms with Gasteiger partial charge in [0.15, 0.2) is 0 Å². The standard InChI is InChI=1S/C14H20BrN3O2/c1-17-5-6-18(2)11(9-17)8-16-13-7-10(15)3-4-12(13)14(19)20/h3-4,7,11,16H,5-6,8-9H2,1-2H3,(H,19,20). The zero-order valence-corrected chi connectivity index (χ0v) is 13.4. The lowest BCUT2D eigenvalue weighted by Crippen LogP contribution is -2.52. The highest BCUT2D eigenvalue weighted by Crippen LogP contribution is 2.22. The molecule has 0 saturated carbocycles. The van der Waals surface area contributed by atoms with Crippen LogP contribution in [0.25, 0.3) is 0 Å². The molecule has 6 heteroatoms. The Bertz CT molecular complexity index is 495. The van der Waals surface area contributed by atoms with E-state index in [2.05, 4.69) is 45.1 Å². The summed E-state index contributed by atoms with van der Waals surface area (Å²) in [4.78, 5) is 15.8. The van der Waals surface area contributed by atoms with E-state index in [4.69, 9.17) is 0 Å². The summed E-state index contributed by atoms with van der Waals surface area (Å²) in [5.41, 5.74) is 0.966. The van der Waals surface area contributed by atoms with Crippen molar-refractivity contribution in [1.29, 1.82) is 0 Å². The van der Waals surface area contributed by atoms with Gasteiger partial charge in [-0.25, -0.2) is 4.79 Å². The van der Waals surface area contributed by atoms with Crippen LogP contribution in [0.2, 0.25) is 0 Å². The number of piperazine rings is 1. The first-order valence-electron chi connectivity index (χ1n) is 6.63. The second-order valence-corrected chi connectivity index (χ2v) is 6.19. The molecule has 1 aliphatic heterocycles. The Hall–Kier alpha value is -1.11. The van der Waals surface area contributed by atoms with Gasteiger partial charge in [0, 0.05) is 42.4 Å². The Morgan fingerprint density at radius 3 is 2.90 bits per heavy atom. The molecule has 1 fully saturated rings. The number of nitrogens with one attached hydrogen (secondary N) is 1. The van der Waals surface area contributed by atoms with Gasteiger partial charge in [0.25, 0.3) is 0 Å². The average Bonchev–Trinajstić information content (AvgIpc) is 2.39. The number of carbonyl (C=O) groups is 1. The van der Waals surface area contributed by atoms with Gasteiger partial charge in [-0.1, -0.05) is 15.9 Å². The van der Waals surface area contributed by atoms with Gasteiger partial charge in [-0.15, -0.1) is 0 Å². The first-order valence-corrected chi connectivity index (χ1v) is 7.42. The molecule has 110 valence electrons. The summed E-state index contributed by atoms with van der Waals surface area (Å²) in [6, 6.07) is 5.56. The van der Waals surface area contributed by atoms with Crippen LogP contribution in [0, 0.1) is 0 Å². The number of anilines is 1. The van der Waals surface area contributed by atoms with E-state index < -0.39 is 5.97 Å². The van der Waals surface area contributed by atoms with Gasteiger partial charge < -0.3 is 15.3 Å². The maximum Gasteiger partial charge on any atom is 0.337 e. The molecular formula is C14H20BrN3O2. The van der Waals surface area contributed by atoms with Crippen LogP contribution in [0.5, 0.6) is 0 Å². The largest absolute Gasteiger partial charge is 0.478 e. The maximum atomic E-state index is 11.2. The van der Waals surface area contributed by atoms with E-state index in [1.165, 1.54) is 0 Å². The molecule has 2 N–H and O–H groups in total. The molecule has 0 spiro atoms. The fraction of sp³-hybridized carbons (Fsp3) is 0.500. The molecule has 0 bridgehead atoms. The molecule has 0 radical (unpaired) electrons. The van der Waals surface area contributed by atoms with E-state index in [0.717, 1.165) is 30.7 Å². The van der Waals surface area contributed by atoms with Crippen LogP contribution in [0.1, 0.15) is 10.4 Å². The van der Waals surface area contributed by atoms with Crippen molar-refractivity contribution in [3.05, 3.63) is 28.2 Å². The van der Waals surface area contributed by atoms with Gasteiger partial charge in [0.2, 0.25) is 0 Å².